The van der Waals surface area contributed by atoms with Crippen molar-refractivity contribution in [2.45, 2.75) is 0 Å². The number of nitrogens with zero attached hydrogens (tertiary/aromatic N) is 3. The minimum absolute atomic E-state index is 0.103. The van der Waals surface area contributed by atoms with Crippen LogP contribution in [0, 0.1) is 0 Å². The van der Waals surface area contributed by atoms with Gasteiger partial charge in [-0.15, -0.1) is 11.3 Å². The van der Waals surface area contributed by atoms with Crippen molar-refractivity contribution in [3.63, 3.8) is 0 Å². The van der Waals surface area contributed by atoms with Gasteiger partial charge in [0.1, 0.15) is 11.2 Å². The van der Waals surface area contributed by atoms with Crippen molar-refractivity contribution in [3.8, 4) is 56.4 Å². The highest BCUT2D eigenvalue weighted by molar-refractivity contribution is 7.25. The SMILES string of the molecule is [2H]c1c([2H])c([2H])c(-c2c([2H])c([2H])c([2H])c3oc4c([2H])c(-c5nc(-c6ccc(-c7ccccc7)cc6)nc(-c6cccc7sc8ccccc8c67)n5)c([2H])c([2H])c4c23)c([2H])c1[2H]. The molecule has 3 heterocycles. The van der Waals surface area contributed by atoms with Crippen LogP contribution in [0.4, 0.5) is 0 Å². The zero-order chi connectivity index (χ0) is 42.6. The average Bonchev–Trinajstić information content (AvgIpc) is 3.88. The molecule has 0 saturated carbocycles. The van der Waals surface area contributed by atoms with Crippen LogP contribution in [0.2, 0.25) is 0 Å². The number of benzene rings is 7. The van der Waals surface area contributed by atoms with E-state index in [0.717, 1.165) is 31.3 Å². The van der Waals surface area contributed by atoms with Crippen molar-refractivity contribution in [2.75, 3.05) is 0 Å². The summed E-state index contributed by atoms with van der Waals surface area (Å²) in [5.74, 6) is 0.389. The molecule has 0 fully saturated rings. The van der Waals surface area contributed by atoms with Gasteiger partial charge in [-0.1, -0.05) is 133 Å². The van der Waals surface area contributed by atoms with E-state index in [1.165, 1.54) is 0 Å². The molecule has 0 aliphatic rings. The third-order valence-corrected chi connectivity index (χ3v) is 9.71. The quantitative estimate of drug-likeness (QED) is 0.183. The molecule has 4 nitrogen and oxygen atoms in total. The topological polar surface area (TPSA) is 51.8 Å². The van der Waals surface area contributed by atoms with Gasteiger partial charge in [-0.2, -0.15) is 0 Å². The molecule has 0 spiro atoms. The summed E-state index contributed by atoms with van der Waals surface area (Å²) in [6, 6.07) is 24.7. The Labute approximate surface area is 307 Å². The molecule has 0 N–H and O–H groups in total. The molecule has 0 aliphatic heterocycles. The van der Waals surface area contributed by atoms with Crippen LogP contribution in [0.25, 0.3) is 98.5 Å². The van der Waals surface area contributed by atoms with E-state index < -0.39 is 72.0 Å². The van der Waals surface area contributed by atoms with E-state index in [1.54, 1.807) is 11.3 Å². The summed E-state index contributed by atoms with van der Waals surface area (Å²) < 4.78 is 105. The molecular weight excluding hydrogens is 631 g/mol. The molecule has 10 aromatic rings. The standard InChI is InChI=1S/C45H27N3OS/c1-3-11-28(12-4-1)29-21-23-31(24-22-29)43-46-44(48-45(47-43)36-17-10-20-40-42(36)35-15-7-8-19-39(35)50-40)32-25-26-34-38(27-32)49-37-18-9-16-33(41(34)37)30-13-5-2-6-14-30/h1-27H/i2D,5D,6D,9D,13D,14D,16D,18D,25D,26D,27D. The Bertz CT molecular complexity index is 3470. The predicted molar refractivity (Wildman–Crippen MR) is 207 cm³/mol. The smallest absolute Gasteiger partial charge is 0.164 e. The largest absolute Gasteiger partial charge is 0.456 e. The zero-order valence-electron chi connectivity index (χ0n) is 36.9. The van der Waals surface area contributed by atoms with Gasteiger partial charge < -0.3 is 4.42 Å². The number of hydrogen-bond donors (Lipinski definition) is 0. The molecule has 50 heavy (non-hydrogen) atoms. The maximum absolute atomic E-state index is 9.56. The fourth-order valence-corrected chi connectivity index (χ4v) is 7.39. The Morgan fingerprint density at radius 1 is 0.440 bits per heavy atom. The summed E-state index contributed by atoms with van der Waals surface area (Å²) in [4.78, 5) is 14.7. The van der Waals surface area contributed by atoms with Crippen molar-refractivity contribution in [3.05, 3.63) is 164 Å². The predicted octanol–water partition coefficient (Wildman–Crippen LogP) is 12.5. The number of fused-ring (bicyclic) bond motifs is 6. The fourth-order valence-electron chi connectivity index (χ4n) is 6.26. The van der Waals surface area contributed by atoms with Crippen LogP contribution in [0.15, 0.2) is 168 Å². The van der Waals surface area contributed by atoms with Crippen LogP contribution in [0.5, 0.6) is 0 Å². The summed E-state index contributed by atoms with van der Waals surface area (Å²) in [6.45, 7) is 0. The third-order valence-electron chi connectivity index (χ3n) is 8.58. The van der Waals surface area contributed by atoms with Gasteiger partial charge >= 0.3 is 0 Å². The molecule has 0 amide bonds. The van der Waals surface area contributed by atoms with Crippen LogP contribution in [0.3, 0.4) is 0 Å². The second kappa shape index (κ2) is 11.6. The van der Waals surface area contributed by atoms with Crippen LogP contribution < -0.4 is 0 Å². The lowest BCUT2D eigenvalue weighted by Gasteiger charge is -2.10. The van der Waals surface area contributed by atoms with Crippen LogP contribution in [0.1, 0.15) is 15.1 Å². The first-order valence-electron chi connectivity index (χ1n) is 21.2. The highest BCUT2D eigenvalue weighted by Crippen LogP contribution is 2.41. The highest BCUT2D eigenvalue weighted by atomic mass is 32.1. The first-order chi connectivity index (χ1) is 29.3. The van der Waals surface area contributed by atoms with Crippen LogP contribution in [-0.2, 0) is 0 Å². The number of aromatic nitrogens is 3. The normalized spacial score (nSPS) is 14.7. The number of rotatable bonds is 5. The van der Waals surface area contributed by atoms with E-state index in [2.05, 4.69) is 0 Å². The fraction of sp³-hybridized carbons (Fsp3) is 0. The molecule has 5 heteroatoms. The molecular formula is C45H27N3OS. The third kappa shape index (κ3) is 4.79. The molecule has 10 rings (SSSR count). The van der Waals surface area contributed by atoms with E-state index in [-0.39, 0.29) is 50.5 Å². The summed E-state index contributed by atoms with van der Waals surface area (Å²) in [5.41, 5.74) is 1.69. The first-order valence-corrected chi connectivity index (χ1v) is 16.5. The number of thiophene rings is 1. The van der Waals surface area contributed by atoms with Gasteiger partial charge in [0.2, 0.25) is 0 Å². The Hall–Kier alpha value is -6.43. The van der Waals surface area contributed by atoms with Crippen LogP contribution in [-0.4, -0.2) is 15.0 Å². The molecule has 0 radical (unpaired) electrons. The Morgan fingerprint density at radius 3 is 2.02 bits per heavy atom. The number of hydrogen-bond acceptors (Lipinski definition) is 5. The Balaban J connectivity index is 1.26. The molecule has 0 bridgehead atoms. The molecule has 0 unspecified atom stereocenters. The molecule has 234 valence electrons. The Morgan fingerprint density at radius 2 is 1.16 bits per heavy atom. The lowest BCUT2D eigenvalue weighted by Crippen LogP contribution is -2.00. The van der Waals surface area contributed by atoms with Crippen molar-refractivity contribution in [1.29, 1.82) is 0 Å². The van der Waals surface area contributed by atoms with Crippen molar-refractivity contribution in [2.24, 2.45) is 0 Å². The van der Waals surface area contributed by atoms with Gasteiger partial charge in [-0.25, -0.2) is 15.0 Å². The monoisotopic (exact) mass is 668 g/mol. The summed E-state index contributed by atoms with van der Waals surface area (Å²) in [7, 11) is 0. The van der Waals surface area contributed by atoms with Gasteiger partial charge in [-0.05, 0) is 52.5 Å². The van der Waals surface area contributed by atoms with Crippen LogP contribution >= 0.6 is 11.3 Å². The first kappa shape index (κ1) is 19.5. The van der Waals surface area contributed by atoms with Crippen molar-refractivity contribution >= 4 is 53.4 Å². The van der Waals surface area contributed by atoms with E-state index in [4.69, 9.17) is 30.3 Å². The second-order valence-corrected chi connectivity index (χ2v) is 12.6. The zero-order valence-corrected chi connectivity index (χ0v) is 26.7. The van der Waals surface area contributed by atoms with E-state index in [9.17, 15) is 4.11 Å². The molecule has 0 atom stereocenters. The average molecular weight is 669 g/mol. The van der Waals surface area contributed by atoms with Crippen molar-refractivity contribution in [1.82, 2.24) is 15.0 Å². The summed E-state index contributed by atoms with van der Waals surface area (Å²) >= 11 is 1.62. The van der Waals surface area contributed by atoms with E-state index in [1.807, 2.05) is 97.1 Å². The minimum atomic E-state index is -0.684. The maximum atomic E-state index is 9.56. The maximum Gasteiger partial charge on any atom is 0.164 e. The van der Waals surface area contributed by atoms with Gasteiger partial charge in [-0.3, -0.25) is 0 Å². The molecule has 3 aromatic heterocycles. The molecule has 7 aromatic carbocycles. The second-order valence-electron chi connectivity index (χ2n) is 11.5. The van der Waals surface area contributed by atoms with Gasteiger partial charge in [0.15, 0.2) is 17.5 Å². The molecule has 0 saturated heterocycles. The van der Waals surface area contributed by atoms with Gasteiger partial charge in [0, 0.05) is 47.6 Å². The number of furan rings is 1. The summed E-state index contributed by atoms with van der Waals surface area (Å²) in [6.07, 6.45) is 0. The minimum Gasteiger partial charge on any atom is -0.456 e. The van der Waals surface area contributed by atoms with Crippen molar-refractivity contribution < 1.29 is 19.5 Å². The lowest BCUT2D eigenvalue weighted by atomic mass is 9.99. The lowest BCUT2D eigenvalue weighted by molar-refractivity contribution is 0.669. The van der Waals surface area contributed by atoms with E-state index in [0.29, 0.717) is 11.1 Å². The van der Waals surface area contributed by atoms with E-state index >= 15 is 0 Å². The Kier molecular flexibility index (Phi) is 4.54. The summed E-state index contributed by atoms with van der Waals surface area (Å²) in [5, 5.41) is 1.52. The molecule has 0 aliphatic carbocycles. The highest BCUT2D eigenvalue weighted by Gasteiger charge is 2.19. The van der Waals surface area contributed by atoms with Gasteiger partial charge in [0.05, 0.1) is 15.1 Å². The van der Waals surface area contributed by atoms with Gasteiger partial charge in [0.25, 0.3) is 0 Å².